The molecule has 0 amide bonds. The van der Waals surface area contributed by atoms with E-state index in [-0.39, 0.29) is 11.1 Å². The normalized spacial score (nSPS) is 32.9. The van der Waals surface area contributed by atoms with Gasteiger partial charge in [0.05, 0.1) is 5.54 Å². The Morgan fingerprint density at radius 3 is 2.59 bits per heavy atom. The molecular weight excluding hydrogens is 374 g/mol. The van der Waals surface area contributed by atoms with E-state index in [0.717, 1.165) is 32.1 Å². The fourth-order valence-corrected chi connectivity index (χ4v) is 6.64. The number of fused-ring (bicyclic) bond motifs is 1. The number of imidazole rings is 1. The molecule has 2 unspecified atom stereocenters. The number of hydrogen-bond acceptors (Lipinski definition) is 7. The van der Waals surface area contributed by atoms with E-state index in [1.54, 1.807) is 11.6 Å². The van der Waals surface area contributed by atoms with Gasteiger partial charge >= 0.3 is 5.69 Å². The topological polar surface area (TPSA) is 128 Å². The molecule has 11 nitrogen and oxygen atoms in total. The zero-order valence-electron chi connectivity index (χ0n) is 16.4. The van der Waals surface area contributed by atoms with Crippen LogP contribution in [-0.2, 0) is 19.6 Å². The number of aromatic nitrogens is 8. The average molecular weight is 397 g/mol. The predicted molar refractivity (Wildman–Crippen MR) is 103 cm³/mol. The molecule has 29 heavy (non-hydrogen) atoms. The second-order valence-electron chi connectivity index (χ2n) is 9.30. The van der Waals surface area contributed by atoms with Gasteiger partial charge in [0.15, 0.2) is 17.5 Å². The van der Waals surface area contributed by atoms with Crippen LogP contribution in [0.25, 0.3) is 11.2 Å². The van der Waals surface area contributed by atoms with E-state index >= 15 is 0 Å². The maximum absolute atomic E-state index is 12.4. The van der Waals surface area contributed by atoms with Gasteiger partial charge in [-0.3, -0.25) is 14.3 Å². The minimum absolute atomic E-state index is 0.109. The SMILES string of the molecule is Cn1c(NC23CC4CC(C2)CC(n2ncnn2)(C4)C3)nc2c1c(=O)[nH]c(=O)n2C. The lowest BCUT2D eigenvalue weighted by molar-refractivity contribution is -0.0636. The van der Waals surface area contributed by atoms with E-state index in [4.69, 9.17) is 0 Å². The molecule has 0 spiro atoms. The van der Waals surface area contributed by atoms with Crippen molar-refractivity contribution < 1.29 is 0 Å². The molecule has 0 aromatic carbocycles. The van der Waals surface area contributed by atoms with Crippen LogP contribution in [0.15, 0.2) is 15.9 Å². The summed E-state index contributed by atoms with van der Waals surface area (Å²) in [6, 6.07) is 0. The van der Waals surface area contributed by atoms with E-state index in [0.29, 0.717) is 28.9 Å². The number of rotatable bonds is 3. The van der Waals surface area contributed by atoms with E-state index in [9.17, 15) is 9.59 Å². The molecule has 4 bridgehead atoms. The van der Waals surface area contributed by atoms with Crippen molar-refractivity contribution in [3.63, 3.8) is 0 Å². The molecule has 2 atom stereocenters. The number of nitrogens with one attached hydrogen (secondary N) is 2. The van der Waals surface area contributed by atoms with E-state index in [1.165, 1.54) is 17.3 Å². The molecule has 7 rings (SSSR count). The highest BCUT2D eigenvalue weighted by atomic mass is 16.2. The van der Waals surface area contributed by atoms with Gasteiger partial charge in [-0.05, 0) is 55.6 Å². The summed E-state index contributed by atoms with van der Waals surface area (Å²) in [4.78, 5) is 33.2. The molecule has 4 saturated carbocycles. The third-order valence-corrected chi connectivity index (χ3v) is 7.32. The van der Waals surface area contributed by atoms with Crippen molar-refractivity contribution in [2.45, 2.75) is 49.6 Å². The van der Waals surface area contributed by atoms with Crippen molar-refractivity contribution in [1.82, 2.24) is 39.3 Å². The summed E-state index contributed by atoms with van der Waals surface area (Å²) < 4.78 is 3.13. The number of nitrogens with zero attached hydrogens (tertiary/aromatic N) is 7. The largest absolute Gasteiger partial charge is 0.350 e. The summed E-state index contributed by atoms with van der Waals surface area (Å²) in [5.41, 5.74) is -0.327. The second kappa shape index (κ2) is 5.33. The number of hydrogen-bond donors (Lipinski definition) is 2. The van der Waals surface area contributed by atoms with Gasteiger partial charge in [0.2, 0.25) is 5.95 Å². The monoisotopic (exact) mass is 397 g/mol. The summed E-state index contributed by atoms with van der Waals surface area (Å²) in [6.45, 7) is 0. The average Bonchev–Trinajstić information content (AvgIpc) is 3.28. The molecule has 3 aromatic rings. The molecule has 0 saturated heterocycles. The standard InChI is InChI=1S/C18H23N9O2/c1-25-12-13(26(2)16(29)22-14(12)28)21-15(25)23-17-4-10-3-11(5-17)7-18(6-10,8-17)27-20-9-19-24-27/h9-11H,3-8H2,1-2H3,(H,21,23)(H,22,28,29). The van der Waals surface area contributed by atoms with Crippen LogP contribution in [0.4, 0.5) is 5.95 Å². The Bertz CT molecular complexity index is 1220. The van der Waals surface area contributed by atoms with Crippen LogP contribution in [0.2, 0.25) is 0 Å². The van der Waals surface area contributed by atoms with Gasteiger partial charge in [0, 0.05) is 19.6 Å². The minimum Gasteiger partial charge on any atom is -0.350 e. The Balaban J connectivity index is 1.44. The maximum Gasteiger partial charge on any atom is 0.329 e. The highest BCUT2D eigenvalue weighted by Crippen LogP contribution is 2.60. The Morgan fingerprint density at radius 1 is 1.14 bits per heavy atom. The number of H-pyrrole nitrogens is 1. The molecule has 4 aliphatic rings. The fourth-order valence-electron chi connectivity index (χ4n) is 6.64. The minimum atomic E-state index is -0.460. The van der Waals surface area contributed by atoms with Gasteiger partial charge < -0.3 is 9.88 Å². The molecule has 11 heteroatoms. The molecule has 4 aliphatic carbocycles. The van der Waals surface area contributed by atoms with Crippen LogP contribution in [0.5, 0.6) is 0 Å². The maximum atomic E-state index is 12.4. The summed E-state index contributed by atoms with van der Waals surface area (Å²) in [5, 5.41) is 16.3. The van der Waals surface area contributed by atoms with Crippen LogP contribution in [0, 0.1) is 11.8 Å². The quantitative estimate of drug-likeness (QED) is 0.642. The first-order valence-electron chi connectivity index (χ1n) is 10.1. The van der Waals surface area contributed by atoms with Gasteiger partial charge in [-0.1, -0.05) is 0 Å². The number of aryl methyl sites for hydroxylation is 2. The van der Waals surface area contributed by atoms with Crippen molar-refractivity contribution in [3.05, 3.63) is 27.2 Å². The zero-order chi connectivity index (χ0) is 20.0. The first-order chi connectivity index (χ1) is 13.9. The van der Waals surface area contributed by atoms with Crippen LogP contribution in [-0.4, -0.2) is 44.8 Å². The smallest absolute Gasteiger partial charge is 0.329 e. The summed E-state index contributed by atoms with van der Waals surface area (Å²) in [5.74, 6) is 1.84. The van der Waals surface area contributed by atoms with Gasteiger partial charge in [-0.2, -0.15) is 9.78 Å². The Morgan fingerprint density at radius 2 is 1.90 bits per heavy atom. The molecule has 4 fully saturated rings. The van der Waals surface area contributed by atoms with Gasteiger partial charge in [0.1, 0.15) is 0 Å². The molecule has 2 N–H and O–H groups in total. The Hall–Kier alpha value is -2.98. The van der Waals surface area contributed by atoms with E-state index < -0.39 is 11.2 Å². The highest BCUT2D eigenvalue weighted by Gasteiger charge is 2.60. The van der Waals surface area contributed by atoms with Crippen LogP contribution < -0.4 is 16.6 Å². The number of tetrazole rings is 1. The number of anilines is 1. The van der Waals surface area contributed by atoms with E-state index in [2.05, 4.69) is 30.7 Å². The lowest BCUT2D eigenvalue weighted by atomic mass is 9.50. The van der Waals surface area contributed by atoms with Crippen LogP contribution in [0.1, 0.15) is 38.5 Å². The third-order valence-electron chi connectivity index (χ3n) is 7.32. The van der Waals surface area contributed by atoms with Crippen molar-refractivity contribution in [2.75, 3.05) is 5.32 Å². The molecule has 0 aliphatic heterocycles. The first kappa shape index (κ1) is 16.9. The summed E-state index contributed by atoms with van der Waals surface area (Å²) in [7, 11) is 3.43. The van der Waals surface area contributed by atoms with Crippen LogP contribution >= 0.6 is 0 Å². The molecule has 3 aromatic heterocycles. The molecular formula is C18H23N9O2. The second-order valence-corrected chi connectivity index (χ2v) is 9.30. The summed E-state index contributed by atoms with van der Waals surface area (Å²) in [6.07, 6.45) is 7.96. The lowest BCUT2D eigenvalue weighted by Gasteiger charge is -2.61. The molecule has 3 heterocycles. The van der Waals surface area contributed by atoms with Gasteiger partial charge in [0.25, 0.3) is 5.56 Å². The van der Waals surface area contributed by atoms with Crippen molar-refractivity contribution >= 4 is 17.1 Å². The van der Waals surface area contributed by atoms with E-state index in [1.807, 2.05) is 11.8 Å². The fraction of sp³-hybridized carbons (Fsp3) is 0.667. The lowest BCUT2D eigenvalue weighted by Crippen LogP contribution is -2.63. The highest BCUT2D eigenvalue weighted by molar-refractivity contribution is 5.74. The van der Waals surface area contributed by atoms with Gasteiger partial charge in [-0.15, -0.1) is 10.2 Å². The predicted octanol–water partition coefficient (Wildman–Crippen LogP) is 0.107. The van der Waals surface area contributed by atoms with Gasteiger partial charge in [-0.25, -0.2) is 4.79 Å². The van der Waals surface area contributed by atoms with Crippen molar-refractivity contribution in [1.29, 1.82) is 0 Å². The number of aromatic amines is 1. The van der Waals surface area contributed by atoms with Crippen LogP contribution in [0.3, 0.4) is 0 Å². The molecule has 152 valence electrons. The Labute approximate surface area is 165 Å². The Kier molecular flexibility index (Phi) is 3.11. The first-order valence-corrected chi connectivity index (χ1v) is 10.1. The summed E-state index contributed by atoms with van der Waals surface area (Å²) >= 11 is 0. The third kappa shape index (κ3) is 2.24. The van der Waals surface area contributed by atoms with Crippen molar-refractivity contribution in [2.24, 2.45) is 25.9 Å². The van der Waals surface area contributed by atoms with Crippen molar-refractivity contribution in [3.8, 4) is 0 Å². The zero-order valence-corrected chi connectivity index (χ0v) is 16.4. The molecule has 0 radical (unpaired) electrons.